The molecule has 1 atom stereocenters. The van der Waals surface area contributed by atoms with E-state index in [1.54, 1.807) is 0 Å². The van der Waals surface area contributed by atoms with Gasteiger partial charge in [-0.1, -0.05) is 25.5 Å². The molecule has 0 aromatic rings. The highest BCUT2D eigenvalue weighted by Gasteiger charge is 2.29. The molecule has 78 valence electrons. The van der Waals surface area contributed by atoms with Crippen LogP contribution in [0.25, 0.3) is 0 Å². The van der Waals surface area contributed by atoms with E-state index < -0.39 is 0 Å². The van der Waals surface area contributed by atoms with Crippen molar-refractivity contribution >= 4 is 17.5 Å². The molecule has 0 saturated heterocycles. The van der Waals surface area contributed by atoms with Crippen LogP contribution in [-0.2, 0) is 4.79 Å². The number of ketones is 1. The molecule has 0 spiro atoms. The molecule has 1 aliphatic carbocycles. The molecule has 1 aliphatic rings. The van der Waals surface area contributed by atoms with Crippen molar-refractivity contribution in [1.82, 2.24) is 0 Å². The largest absolute Gasteiger partial charge is 0.294 e. The number of carbonyl (C=O) groups excluding carboxylic acids is 1. The van der Waals surface area contributed by atoms with Gasteiger partial charge in [0.1, 0.15) is 0 Å². The highest BCUT2D eigenvalue weighted by molar-refractivity contribution is 8.00. The lowest BCUT2D eigenvalue weighted by Gasteiger charge is -2.13. The summed E-state index contributed by atoms with van der Waals surface area (Å²) in [5, 5.41) is 1.00. The molecule has 0 N–H and O–H groups in total. The lowest BCUT2D eigenvalue weighted by molar-refractivity contribution is -0.114. The summed E-state index contributed by atoms with van der Waals surface area (Å²) in [4.78, 5) is 11.6. The Morgan fingerprint density at radius 1 is 1.64 bits per heavy atom. The Morgan fingerprint density at radius 2 is 2.29 bits per heavy atom. The molecule has 1 unspecified atom stereocenters. The molecule has 0 amide bonds. The van der Waals surface area contributed by atoms with E-state index in [4.69, 9.17) is 0 Å². The highest BCUT2D eigenvalue weighted by atomic mass is 32.2. The topological polar surface area (TPSA) is 17.1 Å². The molecule has 0 saturated carbocycles. The summed E-state index contributed by atoms with van der Waals surface area (Å²) in [6.07, 6.45) is 3.25. The predicted molar refractivity (Wildman–Crippen MR) is 63.7 cm³/mol. The Labute approximate surface area is 90.7 Å². The summed E-state index contributed by atoms with van der Waals surface area (Å²) in [5.41, 5.74) is 2.27. The van der Waals surface area contributed by atoms with Gasteiger partial charge >= 0.3 is 0 Å². The van der Waals surface area contributed by atoms with Crippen LogP contribution in [0.15, 0.2) is 23.8 Å². The van der Waals surface area contributed by atoms with Gasteiger partial charge in [0.05, 0.1) is 0 Å². The third kappa shape index (κ3) is 2.50. The number of hydrogen-bond acceptors (Lipinski definition) is 2. The minimum atomic E-state index is 0.320. The fraction of sp³-hybridized carbons (Fsp3) is 0.583. The summed E-state index contributed by atoms with van der Waals surface area (Å²) in [6, 6.07) is 0. The summed E-state index contributed by atoms with van der Waals surface area (Å²) >= 11 is 1.89. The number of Topliss-reactive ketones (excluding diaryl/α,β-unsaturated/α-hetero) is 1. The third-order valence-corrected chi connectivity index (χ3v) is 3.84. The van der Waals surface area contributed by atoms with Gasteiger partial charge in [-0.25, -0.2) is 0 Å². The number of thioether (sulfide) groups is 1. The van der Waals surface area contributed by atoms with E-state index in [0.717, 1.165) is 12.0 Å². The molecule has 0 aliphatic heterocycles. The maximum absolute atomic E-state index is 11.6. The number of rotatable bonds is 4. The average molecular weight is 210 g/mol. The summed E-state index contributed by atoms with van der Waals surface area (Å²) < 4.78 is 0. The van der Waals surface area contributed by atoms with Gasteiger partial charge in [0.15, 0.2) is 5.78 Å². The molecule has 0 radical (unpaired) electrons. The van der Waals surface area contributed by atoms with E-state index in [1.807, 2.05) is 17.8 Å². The SMILES string of the molecule is C=CCC1=C(C)C(SC(C)C)CC1=O. The Hall–Kier alpha value is -0.500. The van der Waals surface area contributed by atoms with Gasteiger partial charge in [-0.05, 0) is 24.2 Å². The monoisotopic (exact) mass is 210 g/mol. The molecule has 0 fully saturated rings. The second-order valence-electron chi connectivity index (χ2n) is 3.96. The number of carbonyl (C=O) groups is 1. The van der Waals surface area contributed by atoms with Gasteiger partial charge in [-0.2, -0.15) is 11.8 Å². The van der Waals surface area contributed by atoms with Crippen molar-refractivity contribution in [1.29, 1.82) is 0 Å². The van der Waals surface area contributed by atoms with Crippen LogP contribution in [0.5, 0.6) is 0 Å². The molecule has 0 bridgehead atoms. The average Bonchev–Trinajstić information content (AvgIpc) is 2.32. The zero-order valence-corrected chi connectivity index (χ0v) is 9.99. The third-order valence-electron chi connectivity index (χ3n) is 2.45. The van der Waals surface area contributed by atoms with Crippen molar-refractivity contribution in [3.63, 3.8) is 0 Å². The Kier molecular flexibility index (Phi) is 3.99. The normalized spacial score (nSPS) is 22.3. The van der Waals surface area contributed by atoms with E-state index in [2.05, 4.69) is 27.4 Å². The van der Waals surface area contributed by atoms with Crippen molar-refractivity contribution < 1.29 is 4.79 Å². The maximum Gasteiger partial charge on any atom is 0.160 e. The molecular formula is C12H18OS. The van der Waals surface area contributed by atoms with E-state index in [0.29, 0.717) is 22.7 Å². The first-order valence-corrected chi connectivity index (χ1v) is 5.99. The van der Waals surface area contributed by atoms with E-state index >= 15 is 0 Å². The summed E-state index contributed by atoms with van der Waals surface area (Å²) in [6.45, 7) is 10.1. The first kappa shape index (κ1) is 11.6. The fourth-order valence-corrected chi connectivity index (χ4v) is 3.01. The van der Waals surface area contributed by atoms with Crippen LogP contribution in [0.2, 0.25) is 0 Å². The molecule has 0 aromatic carbocycles. The van der Waals surface area contributed by atoms with Gasteiger partial charge in [0.2, 0.25) is 0 Å². The highest BCUT2D eigenvalue weighted by Crippen LogP contribution is 2.35. The minimum absolute atomic E-state index is 0.320. The lowest BCUT2D eigenvalue weighted by Crippen LogP contribution is -2.05. The van der Waals surface area contributed by atoms with Gasteiger partial charge in [-0.15, -0.1) is 6.58 Å². The molecule has 1 rings (SSSR count). The van der Waals surface area contributed by atoms with Crippen molar-refractivity contribution in [2.24, 2.45) is 0 Å². The first-order chi connectivity index (χ1) is 6.56. The second-order valence-corrected chi connectivity index (χ2v) is 5.74. The minimum Gasteiger partial charge on any atom is -0.294 e. The molecule has 2 heteroatoms. The zero-order valence-electron chi connectivity index (χ0n) is 9.17. The lowest BCUT2D eigenvalue weighted by atomic mass is 10.1. The van der Waals surface area contributed by atoms with Crippen LogP contribution in [0.1, 0.15) is 33.6 Å². The van der Waals surface area contributed by atoms with Gasteiger partial charge in [0.25, 0.3) is 0 Å². The fourth-order valence-electron chi connectivity index (χ4n) is 1.76. The smallest absolute Gasteiger partial charge is 0.160 e. The standard InChI is InChI=1S/C12H18OS/c1-5-6-10-9(4)12(7-11(10)13)14-8(2)3/h5,8,12H,1,6-7H2,2-4H3. The van der Waals surface area contributed by atoms with Crippen LogP contribution < -0.4 is 0 Å². The van der Waals surface area contributed by atoms with E-state index in [-0.39, 0.29) is 0 Å². The molecule has 0 heterocycles. The van der Waals surface area contributed by atoms with E-state index in [1.165, 1.54) is 5.57 Å². The first-order valence-electron chi connectivity index (χ1n) is 5.05. The van der Waals surface area contributed by atoms with Crippen LogP contribution >= 0.6 is 11.8 Å². The molecular weight excluding hydrogens is 192 g/mol. The zero-order chi connectivity index (χ0) is 10.7. The second kappa shape index (κ2) is 4.83. The number of allylic oxidation sites excluding steroid dienone is 2. The van der Waals surface area contributed by atoms with Crippen molar-refractivity contribution in [3.05, 3.63) is 23.8 Å². The Bertz CT molecular complexity index is 276. The molecule has 0 aromatic heterocycles. The van der Waals surface area contributed by atoms with Crippen molar-refractivity contribution in [3.8, 4) is 0 Å². The molecule has 14 heavy (non-hydrogen) atoms. The summed E-state index contributed by atoms with van der Waals surface area (Å²) in [5.74, 6) is 0.320. The van der Waals surface area contributed by atoms with Crippen LogP contribution in [-0.4, -0.2) is 16.3 Å². The van der Waals surface area contributed by atoms with Crippen LogP contribution in [0.4, 0.5) is 0 Å². The number of hydrogen-bond donors (Lipinski definition) is 0. The van der Waals surface area contributed by atoms with E-state index in [9.17, 15) is 4.79 Å². The predicted octanol–water partition coefficient (Wildman–Crippen LogP) is 3.36. The van der Waals surface area contributed by atoms with Gasteiger partial charge in [0, 0.05) is 11.7 Å². The molecule has 1 nitrogen and oxygen atoms in total. The van der Waals surface area contributed by atoms with Crippen molar-refractivity contribution in [2.45, 2.75) is 44.1 Å². The summed E-state index contributed by atoms with van der Waals surface area (Å²) in [7, 11) is 0. The maximum atomic E-state index is 11.6. The van der Waals surface area contributed by atoms with Crippen LogP contribution in [0.3, 0.4) is 0 Å². The van der Waals surface area contributed by atoms with Gasteiger partial charge < -0.3 is 0 Å². The quantitative estimate of drug-likeness (QED) is 0.662. The van der Waals surface area contributed by atoms with Crippen LogP contribution in [0, 0.1) is 0 Å². The van der Waals surface area contributed by atoms with Crippen molar-refractivity contribution in [2.75, 3.05) is 0 Å². The Balaban J connectivity index is 2.76. The Morgan fingerprint density at radius 3 is 2.79 bits per heavy atom. The van der Waals surface area contributed by atoms with Gasteiger partial charge in [-0.3, -0.25) is 4.79 Å².